The van der Waals surface area contributed by atoms with Gasteiger partial charge in [0.1, 0.15) is 24.7 Å². The van der Waals surface area contributed by atoms with Gasteiger partial charge in [-0.2, -0.15) is 0 Å². The Morgan fingerprint density at radius 3 is 1.64 bits per heavy atom. The Morgan fingerprint density at radius 1 is 0.872 bits per heavy atom. The van der Waals surface area contributed by atoms with Crippen molar-refractivity contribution in [2.45, 2.75) is 32.7 Å². The molecule has 1 unspecified atom stereocenters. The van der Waals surface area contributed by atoms with Crippen molar-refractivity contribution >= 4 is 28.9 Å². The smallest absolute Gasteiger partial charge is 0 e. The Hall–Kier alpha value is -3.67. The van der Waals surface area contributed by atoms with Crippen LogP contribution in [0.5, 0.6) is 0 Å². The van der Waals surface area contributed by atoms with Gasteiger partial charge < -0.3 is 28.6 Å². The molecule has 207 valence electrons. The summed E-state index contributed by atoms with van der Waals surface area (Å²) in [5.41, 5.74) is 1.28. The Morgan fingerprint density at radius 2 is 1.28 bits per heavy atom. The molecular weight excluding hydrogens is 711 g/mol. The molecule has 3 N–H and O–H groups in total. The van der Waals surface area contributed by atoms with Gasteiger partial charge in [0.2, 0.25) is 0 Å². The molecule has 0 fully saturated rings. The van der Waals surface area contributed by atoms with E-state index in [9.17, 15) is 18.4 Å². The fourth-order valence-electron chi connectivity index (χ4n) is 3.16. The molecule has 0 spiro atoms. The second kappa shape index (κ2) is 21.3. The molecule has 39 heavy (non-hydrogen) atoms. The molecule has 0 amide bonds. The number of rotatable bonds is 12. The van der Waals surface area contributed by atoms with Gasteiger partial charge in [0.15, 0.2) is 0 Å². The van der Waals surface area contributed by atoms with Crippen molar-refractivity contribution in [2.24, 2.45) is 0 Å². The molecule has 0 aliphatic heterocycles. The summed E-state index contributed by atoms with van der Waals surface area (Å²) >= 11 is -2.42. The van der Waals surface area contributed by atoms with Crippen molar-refractivity contribution < 1.29 is 62.9 Å². The summed E-state index contributed by atoms with van der Waals surface area (Å²) in [6.45, 7) is 14.0. The maximum atomic E-state index is 11.1. The topological polar surface area (TPSA) is 225 Å². The van der Waals surface area contributed by atoms with Crippen LogP contribution in [-0.4, -0.2) is 54.9 Å². The zero-order valence-corrected chi connectivity index (χ0v) is 23.5. The van der Waals surface area contributed by atoms with Gasteiger partial charge in [-0.05, 0) is 17.7 Å². The van der Waals surface area contributed by atoms with E-state index in [0.717, 1.165) is 5.56 Å². The van der Waals surface area contributed by atoms with E-state index in [2.05, 4.69) is 34.6 Å². The largest absolute Gasteiger partial charge is 0 e. The molecule has 0 saturated heterocycles. The molecule has 1 aromatic carbocycles. The summed E-state index contributed by atoms with van der Waals surface area (Å²) in [4.78, 5) is 32.7. The first-order chi connectivity index (χ1) is 18.3. The van der Waals surface area contributed by atoms with E-state index in [1.54, 1.807) is 36.7 Å². The minimum Gasteiger partial charge on any atom is 0 e. The first-order valence-corrected chi connectivity index (χ1v) is 11.1. The molecule has 0 bridgehead atoms. The number of aliphatic carboxylic acids is 2. The fourth-order valence-corrected chi connectivity index (χ4v) is 3.49. The van der Waals surface area contributed by atoms with Crippen LogP contribution in [0.25, 0.3) is 0 Å². The van der Waals surface area contributed by atoms with Crippen LogP contribution in [0.1, 0.15) is 17.2 Å². The van der Waals surface area contributed by atoms with Crippen LogP contribution in [-0.2, 0) is 88.0 Å². The second-order valence-electron chi connectivity index (χ2n) is 6.91. The Balaban J connectivity index is 0. The number of hydrogen-bond donors (Lipinski definition) is 3. The minimum absolute atomic E-state index is 0. The molecule has 15 nitrogen and oxygen atoms in total. The number of benzene rings is 1. The number of hydrogen-bond acceptors (Lipinski definition) is 7. The van der Waals surface area contributed by atoms with E-state index in [1.165, 1.54) is 21.5 Å². The summed E-state index contributed by atoms with van der Waals surface area (Å²) < 4.78 is 49.4. The van der Waals surface area contributed by atoms with Gasteiger partial charge in [-0.1, -0.05) is 12.1 Å². The summed E-state index contributed by atoms with van der Waals surface area (Å²) in [7, 11) is 0. The number of aromatic nitrogens is 4. The van der Waals surface area contributed by atoms with Crippen molar-refractivity contribution in [1.29, 1.82) is 0 Å². The predicted octanol–water partition coefficient (Wildman–Crippen LogP) is 0.542. The van der Waals surface area contributed by atoms with E-state index in [-0.39, 0.29) is 46.6 Å². The van der Waals surface area contributed by atoms with Crippen LogP contribution in [0.15, 0.2) is 49.1 Å². The zero-order chi connectivity index (χ0) is 29.1. The van der Waals surface area contributed by atoms with E-state index >= 15 is 0 Å². The molecule has 0 aliphatic carbocycles. The van der Waals surface area contributed by atoms with Gasteiger partial charge in [0, 0.05) is 68.7 Å². The molecule has 0 aliphatic rings. The molecular formula is C22H21N6O9ReS-. The number of carboxylic acids is 2. The van der Waals surface area contributed by atoms with Crippen molar-refractivity contribution in [1.82, 2.24) is 24.0 Å². The monoisotopic (exact) mass is 732 g/mol. The van der Waals surface area contributed by atoms with Crippen LogP contribution < -0.4 is 4.72 Å². The van der Waals surface area contributed by atoms with E-state index < -0.39 is 23.2 Å². The van der Waals surface area contributed by atoms with Crippen LogP contribution in [0.2, 0.25) is 0 Å². The first kappa shape index (κ1) is 37.5. The molecule has 2 aromatic heterocycles. The van der Waals surface area contributed by atoms with Crippen LogP contribution in [0.4, 0.5) is 5.69 Å². The third-order valence-corrected chi connectivity index (χ3v) is 4.91. The summed E-state index contributed by atoms with van der Waals surface area (Å²) in [5.74, 6) is -0.925. The number of imidazole rings is 2. The quantitative estimate of drug-likeness (QED) is 0.134. The molecule has 0 saturated carbocycles. The molecule has 3 rings (SSSR count). The molecule has 17 heteroatoms. The van der Waals surface area contributed by atoms with Crippen LogP contribution in [0.3, 0.4) is 0 Å². The van der Waals surface area contributed by atoms with Gasteiger partial charge >= 0.3 is 45.8 Å². The minimum atomic E-state index is -2.42. The van der Waals surface area contributed by atoms with Crippen molar-refractivity contribution in [2.75, 3.05) is 4.72 Å². The number of anilines is 1. The SMILES string of the molecule is O=C(O)Cn1ccnc1CN(Cc1ccc(NS(=O)[O-])cc1)Cc1nccn1CC(=O)O.[C-]#[O+].[C-]#[O+].[C-]#[O+].[Re]. The van der Waals surface area contributed by atoms with E-state index in [1.807, 2.05) is 4.90 Å². The summed E-state index contributed by atoms with van der Waals surface area (Å²) in [6.07, 6.45) is 6.20. The van der Waals surface area contributed by atoms with Crippen LogP contribution >= 0.6 is 0 Å². The van der Waals surface area contributed by atoms with E-state index in [0.29, 0.717) is 23.9 Å². The number of nitrogens with zero attached hydrogens (tertiary/aromatic N) is 5. The normalized spacial score (nSPS) is 10.1. The number of carbonyl (C=O) groups is 2. The average Bonchev–Trinajstić information content (AvgIpc) is 3.52. The Kier molecular flexibility index (Phi) is 20.5. The maximum absolute atomic E-state index is 11.1. The first-order valence-electron chi connectivity index (χ1n) is 10.0. The van der Waals surface area contributed by atoms with E-state index in [4.69, 9.17) is 24.2 Å². The predicted molar refractivity (Wildman–Crippen MR) is 123 cm³/mol. The van der Waals surface area contributed by atoms with Crippen molar-refractivity contribution in [3.63, 3.8) is 0 Å². The van der Waals surface area contributed by atoms with Crippen molar-refractivity contribution in [3.8, 4) is 0 Å². The average molecular weight is 732 g/mol. The number of nitrogens with one attached hydrogen (secondary N) is 1. The van der Waals surface area contributed by atoms with Gasteiger partial charge in [-0.3, -0.25) is 18.7 Å². The Labute approximate surface area is 239 Å². The standard InChI is InChI=1S/C19H22N6O6S.3CO.Re/c26-18(27)12-24-7-5-20-16(24)10-23(11-17-21-6-8-25(17)13-19(28)29)9-14-1-3-15(4-2-14)22-32(30)31;3*1-2;/h1-8,22H,9-13H2,(H,26,27)(H,28,29)(H,30,31);;;;/p-1. The third-order valence-electron chi connectivity index (χ3n) is 4.51. The third kappa shape index (κ3) is 14.2. The molecule has 1 atom stereocenters. The zero-order valence-electron chi connectivity index (χ0n) is 19.9. The van der Waals surface area contributed by atoms with Gasteiger partial charge in [0.25, 0.3) is 0 Å². The van der Waals surface area contributed by atoms with Gasteiger partial charge in [-0.25, -0.2) is 9.97 Å². The summed E-state index contributed by atoms with van der Waals surface area (Å²) in [6, 6.07) is 6.77. The second-order valence-corrected chi connectivity index (χ2v) is 7.58. The molecule has 1 radical (unpaired) electrons. The number of carboxylic acid groups (broad SMARTS) is 2. The van der Waals surface area contributed by atoms with Crippen LogP contribution in [0, 0.1) is 20.0 Å². The van der Waals surface area contributed by atoms with Gasteiger partial charge in [-0.15, -0.1) is 0 Å². The Bertz CT molecular complexity index is 1170. The summed E-state index contributed by atoms with van der Waals surface area (Å²) in [5, 5.41) is 18.2. The van der Waals surface area contributed by atoms with Gasteiger partial charge in [0.05, 0.1) is 13.1 Å². The molecule has 3 aromatic rings. The maximum Gasteiger partial charge on any atom is 0 e. The fraction of sp³-hybridized carbons (Fsp3) is 0.227. The molecule has 2 heterocycles. The van der Waals surface area contributed by atoms with Crippen molar-refractivity contribution in [3.05, 3.63) is 86.2 Å².